The molecule has 1 atom stereocenters. The Kier molecular flexibility index (Phi) is 2.19. The second-order valence-corrected chi connectivity index (χ2v) is 3.47. The van der Waals surface area contributed by atoms with Crippen LogP contribution in [-0.2, 0) is 9.59 Å². The van der Waals surface area contributed by atoms with Crippen molar-refractivity contribution in [1.29, 1.82) is 0 Å². The summed E-state index contributed by atoms with van der Waals surface area (Å²) in [6.45, 7) is 1.35. The Balaban J connectivity index is 2.45. The van der Waals surface area contributed by atoms with E-state index >= 15 is 0 Å². The van der Waals surface area contributed by atoms with Gasteiger partial charge in [0.25, 0.3) is 5.91 Å². The average Bonchev–Trinajstić information content (AvgIpc) is 2.23. The number of Topliss-reactive ketones (excluding diaryl/α,β-unsaturated/α-hetero) is 1. The van der Waals surface area contributed by atoms with Crippen LogP contribution in [0.25, 0.3) is 0 Å². The van der Waals surface area contributed by atoms with Crippen LogP contribution in [0.2, 0.25) is 0 Å². The third kappa shape index (κ3) is 1.48. The molecule has 1 aromatic carbocycles. The number of carbonyl (C=O) groups excluding carboxylic acids is 2. The van der Waals surface area contributed by atoms with Gasteiger partial charge in [-0.05, 0) is 19.1 Å². The summed E-state index contributed by atoms with van der Waals surface area (Å²) >= 11 is 0. The lowest BCUT2D eigenvalue weighted by Crippen LogP contribution is -2.47. The van der Waals surface area contributed by atoms with Gasteiger partial charge in [-0.15, -0.1) is 0 Å². The highest BCUT2D eigenvalue weighted by molar-refractivity contribution is 6.12. The molecule has 0 aromatic heterocycles. The minimum absolute atomic E-state index is 0.277. The van der Waals surface area contributed by atoms with Crippen LogP contribution in [-0.4, -0.2) is 24.8 Å². The number of carbonyl (C=O) groups is 2. The molecule has 1 aliphatic rings. The van der Waals surface area contributed by atoms with Crippen LogP contribution in [0.1, 0.15) is 6.92 Å². The number of fused-ring (bicyclic) bond motifs is 1. The number of hydrogen-bond acceptors (Lipinski definition) is 3. The molecule has 0 aliphatic carbocycles. The maximum atomic E-state index is 11.7. The van der Waals surface area contributed by atoms with E-state index in [2.05, 4.69) is 0 Å². The van der Waals surface area contributed by atoms with E-state index < -0.39 is 6.10 Å². The average molecular weight is 205 g/mol. The second-order valence-electron chi connectivity index (χ2n) is 3.47. The lowest BCUT2D eigenvalue weighted by Gasteiger charge is -2.30. The molecule has 2 rings (SSSR count). The summed E-state index contributed by atoms with van der Waals surface area (Å²) in [5.74, 6) is -0.0256. The standard InChI is InChI=1S/C11H11NO3/c1-7(13)10-11(14)12(2)8-5-3-4-6-9(8)15-10/h3-6,10H,1-2H3. The third-order valence-electron chi connectivity index (χ3n) is 2.40. The van der Waals surface area contributed by atoms with Gasteiger partial charge in [0.05, 0.1) is 5.69 Å². The molecule has 0 radical (unpaired) electrons. The normalized spacial score (nSPS) is 19.5. The smallest absolute Gasteiger partial charge is 0.275 e. The van der Waals surface area contributed by atoms with Gasteiger partial charge in [-0.25, -0.2) is 0 Å². The second kappa shape index (κ2) is 3.38. The van der Waals surface area contributed by atoms with Crippen molar-refractivity contribution in [3.05, 3.63) is 24.3 Å². The van der Waals surface area contributed by atoms with Gasteiger partial charge in [0.1, 0.15) is 5.75 Å². The Hall–Kier alpha value is -1.84. The van der Waals surface area contributed by atoms with Gasteiger partial charge in [0.15, 0.2) is 5.78 Å². The lowest BCUT2D eigenvalue weighted by atomic mass is 10.1. The van der Waals surface area contributed by atoms with Crippen molar-refractivity contribution < 1.29 is 14.3 Å². The van der Waals surface area contributed by atoms with Gasteiger partial charge in [-0.1, -0.05) is 12.1 Å². The zero-order chi connectivity index (χ0) is 11.0. The van der Waals surface area contributed by atoms with E-state index in [9.17, 15) is 9.59 Å². The molecule has 1 heterocycles. The Labute approximate surface area is 87.4 Å². The molecule has 1 unspecified atom stereocenters. The minimum atomic E-state index is -0.995. The molecule has 15 heavy (non-hydrogen) atoms. The van der Waals surface area contributed by atoms with E-state index in [0.717, 1.165) is 0 Å². The Bertz CT molecular complexity index is 428. The van der Waals surface area contributed by atoms with Crippen LogP contribution in [0, 0.1) is 0 Å². The molecule has 78 valence electrons. The number of hydrogen-bond donors (Lipinski definition) is 0. The first-order valence-electron chi connectivity index (χ1n) is 4.65. The summed E-state index contributed by atoms with van der Waals surface area (Å²) in [7, 11) is 1.64. The Morgan fingerprint density at radius 1 is 1.40 bits per heavy atom. The summed E-state index contributed by atoms with van der Waals surface area (Å²) in [5, 5.41) is 0. The quantitative estimate of drug-likeness (QED) is 0.642. The van der Waals surface area contributed by atoms with E-state index in [-0.39, 0.29) is 11.7 Å². The van der Waals surface area contributed by atoms with E-state index in [4.69, 9.17) is 4.74 Å². The topological polar surface area (TPSA) is 46.6 Å². The molecule has 0 fully saturated rings. The minimum Gasteiger partial charge on any atom is -0.470 e. The molecule has 0 N–H and O–H groups in total. The molecule has 4 heteroatoms. The van der Waals surface area contributed by atoms with E-state index in [1.165, 1.54) is 11.8 Å². The summed E-state index contributed by atoms with van der Waals surface area (Å²) in [4.78, 5) is 24.4. The van der Waals surface area contributed by atoms with Crippen molar-refractivity contribution in [3.8, 4) is 5.75 Å². The van der Waals surface area contributed by atoms with E-state index in [1.54, 1.807) is 25.2 Å². The van der Waals surface area contributed by atoms with Crippen molar-refractivity contribution >= 4 is 17.4 Å². The predicted octanol–water partition coefficient (Wildman–Crippen LogP) is 0.999. The Morgan fingerprint density at radius 3 is 2.73 bits per heavy atom. The molecule has 0 spiro atoms. The van der Waals surface area contributed by atoms with Gasteiger partial charge in [0, 0.05) is 7.05 Å². The number of ketones is 1. The number of amides is 1. The van der Waals surface area contributed by atoms with Gasteiger partial charge < -0.3 is 9.64 Å². The van der Waals surface area contributed by atoms with Crippen molar-refractivity contribution in [2.24, 2.45) is 0 Å². The van der Waals surface area contributed by atoms with Gasteiger partial charge in [0.2, 0.25) is 6.10 Å². The van der Waals surface area contributed by atoms with Crippen LogP contribution >= 0.6 is 0 Å². The highest BCUT2D eigenvalue weighted by atomic mass is 16.5. The number of anilines is 1. The number of para-hydroxylation sites is 2. The number of rotatable bonds is 1. The molecule has 0 saturated heterocycles. The first kappa shape index (κ1) is 9.71. The van der Waals surface area contributed by atoms with Gasteiger partial charge >= 0.3 is 0 Å². The van der Waals surface area contributed by atoms with Gasteiger partial charge in [-0.3, -0.25) is 9.59 Å². The fourth-order valence-electron chi connectivity index (χ4n) is 1.56. The monoisotopic (exact) mass is 205 g/mol. The third-order valence-corrected chi connectivity index (χ3v) is 2.40. The number of nitrogens with zero attached hydrogens (tertiary/aromatic N) is 1. The first-order valence-corrected chi connectivity index (χ1v) is 4.65. The zero-order valence-corrected chi connectivity index (χ0v) is 8.56. The summed E-state index contributed by atoms with van der Waals surface area (Å²) < 4.78 is 5.34. The Morgan fingerprint density at radius 2 is 2.07 bits per heavy atom. The predicted molar refractivity (Wildman–Crippen MR) is 54.9 cm³/mol. The number of benzene rings is 1. The van der Waals surface area contributed by atoms with Gasteiger partial charge in [-0.2, -0.15) is 0 Å². The number of ether oxygens (including phenoxy) is 1. The molecule has 1 aromatic rings. The highest BCUT2D eigenvalue weighted by Crippen LogP contribution is 2.32. The molecular formula is C11H11NO3. The van der Waals surface area contributed by atoms with Crippen LogP contribution in [0.5, 0.6) is 5.75 Å². The fraction of sp³-hybridized carbons (Fsp3) is 0.273. The molecule has 4 nitrogen and oxygen atoms in total. The van der Waals surface area contributed by atoms with Crippen LogP contribution in [0.3, 0.4) is 0 Å². The summed E-state index contributed by atoms with van der Waals surface area (Å²) in [6.07, 6.45) is -0.995. The first-order chi connectivity index (χ1) is 7.11. The van der Waals surface area contributed by atoms with Crippen molar-refractivity contribution in [2.45, 2.75) is 13.0 Å². The largest absolute Gasteiger partial charge is 0.470 e. The summed E-state index contributed by atoms with van der Waals surface area (Å²) in [5.41, 5.74) is 0.694. The molecule has 1 aliphatic heterocycles. The highest BCUT2D eigenvalue weighted by Gasteiger charge is 2.34. The molecule has 1 amide bonds. The van der Waals surface area contributed by atoms with Crippen LogP contribution in [0.15, 0.2) is 24.3 Å². The van der Waals surface area contributed by atoms with Crippen LogP contribution in [0.4, 0.5) is 5.69 Å². The lowest BCUT2D eigenvalue weighted by molar-refractivity contribution is -0.135. The van der Waals surface area contributed by atoms with Crippen LogP contribution < -0.4 is 9.64 Å². The SMILES string of the molecule is CC(=O)C1Oc2ccccc2N(C)C1=O. The van der Waals surface area contributed by atoms with E-state index in [0.29, 0.717) is 11.4 Å². The molecule has 0 bridgehead atoms. The van der Waals surface area contributed by atoms with Crippen molar-refractivity contribution in [2.75, 3.05) is 11.9 Å². The molecular weight excluding hydrogens is 194 g/mol. The zero-order valence-electron chi connectivity index (χ0n) is 8.56. The summed E-state index contributed by atoms with van der Waals surface area (Å²) in [6, 6.07) is 7.15. The number of likely N-dealkylation sites (N-methyl/N-ethyl adjacent to an activating group) is 1. The van der Waals surface area contributed by atoms with Crippen molar-refractivity contribution in [1.82, 2.24) is 0 Å². The maximum absolute atomic E-state index is 11.7. The van der Waals surface area contributed by atoms with Crippen molar-refractivity contribution in [3.63, 3.8) is 0 Å². The van der Waals surface area contributed by atoms with E-state index in [1.807, 2.05) is 6.07 Å². The fourth-order valence-corrected chi connectivity index (χ4v) is 1.56. The maximum Gasteiger partial charge on any atom is 0.275 e. The molecule has 0 saturated carbocycles.